The fourth-order valence-electron chi connectivity index (χ4n) is 2.94. The largest absolute Gasteiger partial charge is 0.352 e. The van der Waals surface area contributed by atoms with Crippen LogP contribution in [-0.4, -0.2) is 32.8 Å². The average molecular weight is 267 g/mol. The molecule has 3 aromatic rings. The molecule has 3 heterocycles. The van der Waals surface area contributed by atoms with Crippen LogP contribution in [0, 0.1) is 0 Å². The zero-order chi connectivity index (χ0) is 13.5. The predicted molar refractivity (Wildman–Crippen MR) is 79.7 cm³/mol. The number of anilines is 1. The summed E-state index contributed by atoms with van der Waals surface area (Å²) in [6.07, 6.45) is 2.49. The highest BCUT2D eigenvalue weighted by Crippen LogP contribution is 2.26. The summed E-state index contributed by atoms with van der Waals surface area (Å²) >= 11 is 0. The van der Waals surface area contributed by atoms with Crippen LogP contribution in [0.1, 0.15) is 12.8 Å². The summed E-state index contributed by atoms with van der Waals surface area (Å²) in [5.41, 5.74) is 2.15. The number of nitrogens with zero attached hydrogens (tertiary/aromatic N) is 4. The molecular weight excluding hydrogens is 250 g/mol. The molecule has 1 saturated heterocycles. The van der Waals surface area contributed by atoms with E-state index in [-0.39, 0.29) is 0 Å². The molecule has 4 rings (SSSR count). The Kier molecular flexibility index (Phi) is 2.52. The van der Waals surface area contributed by atoms with E-state index in [9.17, 15) is 0 Å². The topological polar surface area (TPSA) is 49.7 Å². The third kappa shape index (κ3) is 1.70. The quantitative estimate of drug-likeness (QED) is 0.776. The molecule has 0 bridgehead atoms. The van der Waals surface area contributed by atoms with Gasteiger partial charge in [0.05, 0.1) is 5.69 Å². The van der Waals surface area contributed by atoms with Crippen molar-refractivity contribution in [1.29, 1.82) is 0 Å². The van der Waals surface area contributed by atoms with Crippen LogP contribution in [0.5, 0.6) is 0 Å². The first-order chi connectivity index (χ1) is 9.83. The molecule has 5 nitrogen and oxygen atoms in total. The van der Waals surface area contributed by atoms with Crippen molar-refractivity contribution in [3.63, 3.8) is 0 Å². The third-order valence-electron chi connectivity index (χ3n) is 4.01. The second-order valence-electron chi connectivity index (χ2n) is 5.35. The van der Waals surface area contributed by atoms with Gasteiger partial charge < -0.3 is 9.88 Å². The molecule has 0 unspecified atom stereocenters. The fraction of sp³-hybridized carbons (Fsp3) is 0.333. The second-order valence-corrected chi connectivity index (χ2v) is 5.35. The molecule has 0 radical (unpaired) electrons. The van der Waals surface area contributed by atoms with Gasteiger partial charge in [-0.1, -0.05) is 18.2 Å². The van der Waals surface area contributed by atoms with Crippen LogP contribution in [0.2, 0.25) is 0 Å². The average Bonchev–Trinajstić information content (AvgIpc) is 3.16. The molecule has 1 N–H and O–H groups in total. The van der Waals surface area contributed by atoms with E-state index in [0.29, 0.717) is 0 Å². The number of H-pyrrole nitrogens is 1. The molecule has 1 aromatic carbocycles. The highest BCUT2D eigenvalue weighted by Gasteiger charge is 2.20. The normalized spacial score (nSPS) is 15.3. The smallest absolute Gasteiger partial charge is 0.227 e. The van der Waals surface area contributed by atoms with Crippen LogP contribution in [0.3, 0.4) is 0 Å². The number of para-hydroxylation sites is 1. The van der Waals surface area contributed by atoms with Gasteiger partial charge in [0.25, 0.3) is 0 Å². The highest BCUT2D eigenvalue weighted by atomic mass is 15.4. The predicted octanol–water partition coefficient (Wildman–Crippen LogP) is 2.56. The molecule has 102 valence electrons. The van der Waals surface area contributed by atoms with Gasteiger partial charge in [0.2, 0.25) is 5.95 Å². The van der Waals surface area contributed by atoms with Crippen molar-refractivity contribution in [2.75, 3.05) is 18.0 Å². The van der Waals surface area contributed by atoms with E-state index < -0.39 is 0 Å². The maximum atomic E-state index is 4.37. The standard InChI is InChI=1S/C15H17N5/c1-19-14(17-18-15(19)20-8-4-5-9-20)13-10-11-6-2-3-7-12(11)16-13/h2-3,6-7,10,16H,4-5,8-9H2,1H3. The van der Waals surface area contributed by atoms with Gasteiger partial charge in [0.15, 0.2) is 5.82 Å². The Balaban J connectivity index is 1.78. The van der Waals surface area contributed by atoms with Gasteiger partial charge in [-0.3, -0.25) is 4.57 Å². The highest BCUT2D eigenvalue weighted by molar-refractivity contribution is 5.84. The summed E-state index contributed by atoms with van der Waals surface area (Å²) in [5, 5.41) is 9.93. The van der Waals surface area contributed by atoms with Crippen molar-refractivity contribution in [1.82, 2.24) is 19.7 Å². The number of aromatic amines is 1. The number of hydrogen-bond donors (Lipinski definition) is 1. The van der Waals surface area contributed by atoms with E-state index in [0.717, 1.165) is 36.1 Å². The molecule has 0 spiro atoms. The molecule has 20 heavy (non-hydrogen) atoms. The summed E-state index contributed by atoms with van der Waals surface area (Å²) in [6.45, 7) is 2.16. The molecule has 0 aliphatic carbocycles. The lowest BCUT2D eigenvalue weighted by molar-refractivity contribution is 0.824. The molecule has 0 atom stereocenters. The van der Waals surface area contributed by atoms with Crippen molar-refractivity contribution >= 4 is 16.9 Å². The van der Waals surface area contributed by atoms with E-state index in [2.05, 4.69) is 42.8 Å². The zero-order valence-electron chi connectivity index (χ0n) is 11.5. The SMILES string of the molecule is Cn1c(-c2cc3ccccc3[nH]2)nnc1N1CCCC1. The Morgan fingerprint density at radius 2 is 1.90 bits per heavy atom. The second kappa shape index (κ2) is 4.37. The first-order valence-electron chi connectivity index (χ1n) is 7.05. The third-order valence-corrected chi connectivity index (χ3v) is 4.01. The van der Waals surface area contributed by atoms with E-state index in [1.54, 1.807) is 0 Å². The Hall–Kier alpha value is -2.30. The number of aromatic nitrogens is 4. The molecular formula is C15H17N5. The minimum Gasteiger partial charge on any atom is -0.352 e. The van der Waals surface area contributed by atoms with Crippen LogP contribution in [0.4, 0.5) is 5.95 Å². The first-order valence-corrected chi connectivity index (χ1v) is 7.05. The van der Waals surface area contributed by atoms with E-state index >= 15 is 0 Å². The molecule has 1 aliphatic rings. The zero-order valence-corrected chi connectivity index (χ0v) is 11.5. The molecule has 1 fully saturated rings. The van der Waals surface area contributed by atoms with Crippen molar-refractivity contribution in [3.05, 3.63) is 30.3 Å². The summed E-state index contributed by atoms with van der Waals surface area (Å²) in [4.78, 5) is 5.72. The molecule has 0 amide bonds. The van der Waals surface area contributed by atoms with Crippen LogP contribution in [0.25, 0.3) is 22.4 Å². The summed E-state index contributed by atoms with van der Waals surface area (Å²) < 4.78 is 2.08. The van der Waals surface area contributed by atoms with E-state index in [1.165, 1.54) is 18.2 Å². The van der Waals surface area contributed by atoms with E-state index in [4.69, 9.17) is 0 Å². The number of fused-ring (bicyclic) bond motifs is 1. The molecule has 5 heteroatoms. The lowest BCUT2D eigenvalue weighted by Crippen LogP contribution is -2.21. The Labute approximate surface area is 117 Å². The van der Waals surface area contributed by atoms with Crippen LogP contribution < -0.4 is 4.90 Å². The maximum Gasteiger partial charge on any atom is 0.227 e. The lowest BCUT2D eigenvalue weighted by Gasteiger charge is -2.15. The van der Waals surface area contributed by atoms with Crippen molar-refractivity contribution in [2.24, 2.45) is 7.05 Å². The van der Waals surface area contributed by atoms with Gasteiger partial charge in [-0.15, -0.1) is 10.2 Å². The van der Waals surface area contributed by atoms with Gasteiger partial charge in [0.1, 0.15) is 0 Å². The summed E-state index contributed by atoms with van der Waals surface area (Å²) in [6, 6.07) is 10.4. The number of rotatable bonds is 2. The lowest BCUT2D eigenvalue weighted by atomic mass is 10.2. The molecule has 1 aliphatic heterocycles. The monoisotopic (exact) mass is 267 g/mol. The summed E-state index contributed by atoms with van der Waals surface area (Å²) in [5.74, 6) is 1.86. The number of hydrogen-bond acceptors (Lipinski definition) is 3. The Bertz CT molecular complexity index is 716. The maximum absolute atomic E-state index is 4.37. The van der Waals surface area contributed by atoms with Gasteiger partial charge >= 0.3 is 0 Å². The first kappa shape index (κ1) is 11.5. The van der Waals surface area contributed by atoms with Crippen LogP contribution in [-0.2, 0) is 7.05 Å². The van der Waals surface area contributed by atoms with Crippen molar-refractivity contribution in [3.8, 4) is 11.5 Å². The van der Waals surface area contributed by atoms with Gasteiger partial charge in [0, 0.05) is 31.0 Å². The van der Waals surface area contributed by atoms with Gasteiger partial charge in [-0.25, -0.2) is 0 Å². The fourth-order valence-corrected chi connectivity index (χ4v) is 2.94. The molecule has 0 saturated carbocycles. The minimum atomic E-state index is 0.892. The Morgan fingerprint density at radius 3 is 2.70 bits per heavy atom. The summed E-state index contributed by atoms with van der Waals surface area (Å²) in [7, 11) is 2.04. The number of nitrogens with one attached hydrogen (secondary N) is 1. The number of benzene rings is 1. The van der Waals surface area contributed by atoms with Gasteiger partial charge in [-0.05, 0) is 25.0 Å². The minimum absolute atomic E-state index is 0.892. The van der Waals surface area contributed by atoms with Crippen molar-refractivity contribution < 1.29 is 0 Å². The Morgan fingerprint density at radius 1 is 1.10 bits per heavy atom. The van der Waals surface area contributed by atoms with Gasteiger partial charge in [-0.2, -0.15) is 0 Å². The van der Waals surface area contributed by atoms with Crippen molar-refractivity contribution in [2.45, 2.75) is 12.8 Å². The van der Waals surface area contributed by atoms with Crippen LogP contribution in [0.15, 0.2) is 30.3 Å². The van der Waals surface area contributed by atoms with Crippen LogP contribution >= 0.6 is 0 Å². The van der Waals surface area contributed by atoms with E-state index in [1.807, 2.05) is 19.2 Å². The molecule has 2 aromatic heterocycles.